The fourth-order valence-corrected chi connectivity index (χ4v) is 4.94. The van der Waals surface area contributed by atoms with Gasteiger partial charge in [-0.25, -0.2) is 4.79 Å². The summed E-state index contributed by atoms with van der Waals surface area (Å²) in [6.07, 6.45) is -1.52. The molecule has 2 aliphatic heterocycles. The van der Waals surface area contributed by atoms with Crippen LogP contribution in [0.4, 0.5) is 18.0 Å². The molecule has 0 bridgehead atoms. The Kier molecular flexibility index (Phi) is 7.59. The summed E-state index contributed by atoms with van der Waals surface area (Å²) in [4.78, 5) is 41.7. The maximum atomic E-state index is 13.4. The minimum atomic E-state index is -4.49. The maximum Gasteiger partial charge on any atom is 0.416 e. The number of halogens is 3. The van der Waals surface area contributed by atoms with E-state index in [2.05, 4.69) is 5.32 Å². The number of likely N-dealkylation sites (tertiary alicyclic amines) is 1. The second-order valence-corrected chi connectivity index (χ2v) is 9.56. The van der Waals surface area contributed by atoms with Crippen molar-refractivity contribution in [3.8, 4) is 0 Å². The molecule has 3 amide bonds. The number of ether oxygens (including phenoxy) is 1. The van der Waals surface area contributed by atoms with Crippen molar-refractivity contribution in [3.63, 3.8) is 0 Å². The molecule has 5 rings (SSSR count). The number of amides is 3. The van der Waals surface area contributed by atoms with E-state index in [1.165, 1.54) is 21.9 Å². The molecule has 0 aromatic heterocycles. The van der Waals surface area contributed by atoms with Crippen LogP contribution < -0.4 is 5.32 Å². The topological polar surface area (TPSA) is 79.0 Å². The van der Waals surface area contributed by atoms with E-state index in [-0.39, 0.29) is 25.3 Å². The van der Waals surface area contributed by atoms with Gasteiger partial charge in [-0.3, -0.25) is 14.5 Å². The fourth-order valence-electron chi connectivity index (χ4n) is 4.94. The van der Waals surface area contributed by atoms with Crippen molar-refractivity contribution in [3.05, 3.63) is 113 Å². The Hall–Kier alpha value is -4.60. The Morgan fingerprint density at radius 1 is 0.975 bits per heavy atom. The molecule has 0 aliphatic carbocycles. The zero-order valence-electron chi connectivity index (χ0n) is 21.3. The molecular weight excluding hydrogens is 523 g/mol. The monoisotopic (exact) mass is 549 g/mol. The standard InChI is InChI=1S/C30H26F3N3O4/c31-30(32,33)23-13-7-10-21(16-23)17-34-26(37)18-35-24(15-14-20-8-3-1-4-9-20)27(28(35)38)36-25(19-40-29(36)39)22-11-5-2-6-12-22/h1-16,24-25,27H,17-19H2,(H,34,37)/b15-14+/t24-,25-,27+/m1/s1. The number of nitrogens with one attached hydrogen (secondary N) is 1. The number of hydrogen-bond acceptors (Lipinski definition) is 4. The van der Waals surface area contributed by atoms with Crippen LogP contribution in [0, 0.1) is 0 Å². The first-order chi connectivity index (χ1) is 19.2. The number of benzene rings is 3. The normalized spacial score (nSPS) is 20.9. The van der Waals surface area contributed by atoms with Gasteiger partial charge in [0.2, 0.25) is 11.8 Å². The van der Waals surface area contributed by atoms with Gasteiger partial charge in [0, 0.05) is 6.54 Å². The van der Waals surface area contributed by atoms with Crippen LogP contribution in [-0.4, -0.2) is 52.9 Å². The lowest BCUT2D eigenvalue weighted by atomic mass is 9.90. The van der Waals surface area contributed by atoms with Crippen molar-refractivity contribution in [1.29, 1.82) is 0 Å². The highest BCUT2D eigenvalue weighted by molar-refractivity contribution is 5.96. The van der Waals surface area contributed by atoms with Gasteiger partial charge < -0.3 is 15.0 Å². The van der Waals surface area contributed by atoms with E-state index < -0.39 is 47.8 Å². The van der Waals surface area contributed by atoms with Crippen LogP contribution >= 0.6 is 0 Å². The van der Waals surface area contributed by atoms with Gasteiger partial charge >= 0.3 is 12.3 Å². The molecule has 206 valence electrons. The third-order valence-electron chi connectivity index (χ3n) is 6.96. The Morgan fingerprint density at radius 3 is 2.38 bits per heavy atom. The molecule has 2 aliphatic rings. The first-order valence-corrected chi connectivity index (χ1v) is 12.7. The highest BCUT2D eigenvalue weighted by Crippen LogP contribution is 2.37. The summed E-state index contributed by atoms with van der Waals surface area (Å²) >= 11 is 0. The molecule has 7 nitrogen and oxygen atoms in total. The number of β-lactam (4-membered cyclic amide) rings is 1. The maximum absolute atomic E-state index is 13.4. The van der Waals surface area contributed by atoms with Gasteiger partial charge in [0.05, 0.1) is 17.6 Å². The molecule has 2 saturated heterocycles. The van der Waals surface area contributed by atoms with Crippen molar-refractivity contribution in [1.82, 2.24) is 15.1 Å². The van der Waals surface area contributed by atoms with Gasteiger partial charge in [0.25, 0.3) is 0 Å². The Balaban J connectivity index is 1.33. The van der Waals surface area contributed by atoms with Crippen molar-refractivity contribution in [2.75, 3.05) is 13.2 Å². The molecule has 0 saturated carbocycles. The molecule has 0 radical (unpaired) electrons. The van der Waals surface area contributed by atoms with Crippen LogP contribution in [0.3, 0.4) is 0 Å². The van der Waals surface area contributed by atoms with Crippen molar-refractivity contribution >= 4 is 24.0 Å². The summed E-state index contributed by atoms with van der Waals surface area (Å²) in [5.74, 6) is -0.956. The Morgan fingerprint density at radius 2 is 1.68 bits per heavy atom. The van der Waals surface area contributed by atoms with E-state index in [1.54, 1.807) is 6.08 Å². The molecule has 40 heavy (non-hydrogen) atoms. The molecule has 2 heterocycles. The minimum Gasteiger partial charge on any atom is -0.447 e. The van der Waals surface area contributed by atoms with Gasteiger partial charge in [-0.2, -0.15) is 13.2 Å². The van der Waals surface area contributed by atoms with Gasteiger partial charge in [-0.05, 0) is 28.8 Å². The average molecular weight is 550 g/mol. The number of rotatable bonds is 8. The predicted octanol–water partition coefficient (Wildman–Crippen LogP) is 4.81. The summed E-state index contributed by atoms with van der Waals surface area (Å²) in [6, 6.07) is 21.3. The van der Waals surface area contributed by atoms with Crippen molar-refractivity contribution < 1.29 is 32.3 Å². The van der Waals surface area contributed by atoms with Crippen LogP contribution in [0.5, 0.6) is 0 Å². The smallest absolute Gasteiger partial charge is 0.416 e. The number of cyclic esters (lactones) is 1. The second kappa shape index (κ2) is 11.3. The van der Waals surface area contributed by atoms with E-state index in [1.807, 2.05) is 66.7 Å². The third kappa shape index (κ3) is 5.70. The first kappa shape index (κ1) is 27.0. The first-order valence-electron chi connectivity index (χ1n) is 12.7. The SMILES string of the molecule is O=C(CN1C(=O)[C@@H](N2C(=O)OC[C@@H]2c2ccccc2)[C@H]1/C=C/c1ccccc1)NCc1cccc(C(F)(F)F)c1. The lowest BCUT2D eigenvalue weighted by Crippen LogP contribution is -2.71. The average Bonchev–Trinajstić information content (AvgIpc) is 3.33. The molecule has 3 atom stereocenters. The van der Waals surface area contributed by atoms with Crippen LogP contribution in [0.2, 0.25) is 0 Å². The van der Waals surface area contributed by atoms with E-state index in [9.17, 15) is 27.6 Å². The zero-order chi connectivity index (χ0) is 28.3. The molecule has 1 N–H and O–H groups in total. The van der Waals surface area contributed by atoms with Crippen LogP contribution in [-0.2, 0) is 27.0 Å². The minimum absolute atomic E-state index is 0.0965. The van der Waals surface area contributed by atoms with Crippen molar-refractivity contribution in [2.24, 2.45) is 0 Å². The van der Waals surface area contributed by atoms with Crippen LogP contribution in [0.1, 0.15) is 28.3 Å². The number of alkyl halides is 3. The quantitative estimate of drug-likeness (QED) is 0.409. The van der Waals surface area contributed by atoms with Crippen LogP contribution in [0.15, 0.2) is 91.0 Å². The third-order valence-corrected chi connectivity index (χ3v) is 6.96. The largest absolute Gasteiger partial charge is 0.447 e. The van der Waals surface area contributed by atoms with E-state index >= 15 is 0 Å². The van der Waals surface area contributed by atoms with E-state index in [4.69, 9.17) is 4.74 Å². The van der Waals surface area contributed by atoms with Gasteiger partial charge in [-0.15, -0.1) is 0 Å². The number of carbonyl (C=O) groups is 3. The number of hydrogen-bond donors (Lipinski definition) is 1. The predicted molar refractivity (Wildman–Crippen MR) is 140 cm³/mol. The number of nitrogens with zero attached hydrogens (tertiary/aromatic N) is 2. The van der Waals surface area contributed by atoms with Crippen molar-refractivity contribution in [2.45, 2.75) is 30.8 Å². The van der Waals surface area contributed by atoms with Crippen LogP contribution in [0.25, 0.3) is 6.08 Å². The van der Waals surface area contributed by atoms with E-state index in [0.717, 1.165) is 23.3 Å². The Bertz CT molecular complexity index is 1410. The molecule has 3 aromatic rings. The second-order valence-electron chi connectivity index (χ2n) is 9.56. The highest BCUT2D eigenvalue weighted by atomic mass is 19.4. The summed E-state index contributed by atoms with van der Waals surface area (Å²) in [5.41, 5.74) is 1.17. The fraction of sp³-hybridized carbons (Fsp3) is 0.233. The lowest BCUT2D eigenvalue weighted by Gasteiger charge is -2.49. The van der Waals surface area contributed by atoms with Gasteiger partial charge in [-0.1, -0.05) is 84.9 Å². The molecule has 2 fully saturated rings. The molecular formula is C30H26F3N3O4. The lowest BCUT2D eigenvalue weighted by molar-refractivity contribution is -0.157. The summed E-state index contributed by atoms with van der Waals surface area (Å²) < 4.78 is 44.4. The molecule has 0 unspecified atom stereocenters. The molecule has 10 heteroatoms. The summed E-state index contributed by atoms with van der Waals surface area (Å²) in [6.45, 7) is -0.358. The van der Waals surface area contributed by atoms with Gasteiger partial charge in [0.1, 0.15) is 19.2 Å². The highest BCUT2D eigenvalue weighted by Gasteiger charge is 2.55. The number of carbonyl (C=O) groups excluding carboxylic acids is 3. The zero-order valence-corrected chi connectivity index (χ0v) is 21.3. The molecule has 3 aromatic carbocycles. The summed E-state index contributed by atoms with van der Waals surface area (Å²) in [5, 5.41) is 2.59. The summed E-state index contributed by atoms with van der Waals surface area (Å²) in [7, 11) is 0. The van der Waals surface area contributed by atoms with Gasteiger partial charge in [0.15, 0.2) is 0 Å². The molecule has 0 spiro atoms. The Labute approximate surface area is 228 Å². The van der Waals surface area contributed by atoms with E-state index in [0.29, 0.717) is 0 Å².